The standard InChI is InChI=1S/C22H34N6O.HI/c1-16-19(17(2)27(4)26-16)14-24-22(23-3)25-15-20(28-12-8-9-13-28)18-10-6-7-11-21(18)29-5;/h6-7,10-11,20H,8-9,12-15H2,1-5H3,(H2,23,24,25);1H. The third kappa shape index (κ3) is 5.66. The molecule has 2 N–H and O–H groups in total. The lowest BCUT2D eigenvalue weighted by molar-refractivity contribution is 0.239. The van der Waals surface area contributed by atoms with Crippen LogP contribution >= 0.6 is 24.0 Å². The van der Waals surface area contributed by atoms with E-state index in [0.29, 0.717) is 6.54 Å². The summed E-state index contributed by atoms with van der Waals surface area (Å²) in [6.07, 6.45) is 2.50. The van der Waals surface area contributed by atoms with Crippen molar-refractivity contribution in [2.24, 2.45) is 12.0 Å². The molecule has 2 aromatic rings. The predicted molar refractivity (Wildman–Crippen MR) is 133 cm³/mol. The molecule has 1 unspecified atom stereocenters. The predicted octanol–water partition coefficient (Wildman–Crippen LogP) is 3.17. The number of guanidine groups is 1. The van der Waals surface area contributed by atoms with Crippen LogP contribution in [-0.2, 0) is 13.6 Å². The molecule has 1 aliphatic rings. The van der Waals surface area contributed by atoms with Gasteiger partial charge in [-0.2, -0.15) is 5.10 Å². The summed E-state index contributed by atoms with van der Waals surface area (Å²) < 4.78 is 7.57. The molecule has 7 nitrogen and oxygen atoms in total. The van der Waals surface area contributed by atoms with Crippen molar-refractivity contribution in [1.29, 1.82) is 0 Å². The lowest BCUT2D eigenvalue weighted by Crippen LogP contribution is -2.42. The molecule has 0 bridgehead atoms. The molecule has 1 fully saturated rings. The van der Waals surface area contributed by atoms with Gasteiger partial charge in [-0.3, -0.25) is 14.6 Å². The van der Waals surface area contributed by atoms with Gasteiger partial charge in [-0.25, -0.2) is 0 Å². The highest BCUT2D eigenvalue weighted by Crippen LogP contribution is 2.31. The van der Waals surface area contributed by atoms with E-state index in [1.165, 1.54) is 29.7 Å². The minimum absolute atomic E-state index is 0. The van der Waals surface area contributed by atoms with E-state index in [2.05, 4.69) is 44.7 Å². The van der Waals surface area contributed by atoms with E-state index in [0.717, 1.165) is 37.0 Å². The van der Waals surface area contributed by atoms with Crippen molar-refractivity contribution in [3.8, 4) is 5.75 Å². The molecule has 166 valence electrons. The van der Waals surface area contributed by atoms with Crippen LogP contribution in [0.3, 0.4) is 0 Å². The summed E-state index contributed by atoms with van der Waals surface area (Å²) in [6.45, 7) is 7.85. The zero-order valence-corrected chi connectivity index (χ0v) is 21.1. The number of likely N-dealkylation sites (tertiary alicyclic amines) is 1. The Morgan fingerprint density at radius 2 is 1.90 bits per heavy atom. The van der Waals surface area contributed by atoms with Crippen molar-refractivity contribution in [3.63, 3.8) is 0 Å². The number of hydrogen-bond donors (Lipinski definition) is 2. The van der Waals surface area contributed by atoms with E-state index >= 15 is 0 Å². The fraction of sp³-hybridized carbons (Fsp3) is 0.545. The molecule has 0 aliphatic carbocycles. The van der Waals surface area contributed by atoms with Crippen molar-refractivity contribution in [2.45, 2.75) is 39.3 Å². The monoisotopic (exact) mass is 526 g/mol. The fourth-order valence-corrected chi connectivity index (χ4v) is 4.09. The molecule has 0 spiro atoms. The van der Waals surface area contributed by atoms with Crippen molar-refractivity contribution in [3.05, 3.63) is 46.8 Å². The van der Waals surface area contributed by atoms with Crippen LogP contribution in [0.4, 0.5) is 0 Å². The number of methoxy groups -OCH3 is 1. The molecule has 0 amide bonds. The molecule has 1 atom stereocenters. The smallest absolute Gasteiger partial charge is 0.191 e. The number of halogens is 1. The van der Waals surface area contributed by atoms with Crippen LogP contribution < -0.4 is 15.4 Å². The van der Waals surface area contributed by atoms with Gasteiger partial charge in [-0.1, -0.05) is 18.2 Å². The second-order valence-electron chi connectivity index (χ2n) is 7.58. The second-order valence-corrected chi connectivity index (χ2v) is 7.58. The second kappa shape index (κ2) is 11.5. The van der Waals surface area contributed by atoms with Crippen molar-refractivity contribution in [2.75, 3.05) is 33.8 Å². The lowest BCUT2D eigenvalue weighted by Gasteiger charge is -2.30. The van der Waals surface area contributed by atoms with Gasteiger partial charge < -0.3 is 15.4 Å². The molecular weight excluding hydrogens is 491 g/mol. The van der Waals surface area contributed by atoms with Crippen LogP contribution in [0.1, 0.15) is 41.4 Å². The van der Waals surface area contributed by atoms with Gasteiger partial charge in [0.15, 0.2) is 5.96 Å². The summed E-state index contributed by atoms with van der Waals surface area (Å²) in [5, 5.41) is 11.5. The Hall–Kier alpha value is -1.81. The highest BCUT2D eigenvalue weighted by molar-refractivity contribution is 14.0. The number of benzene rings is 1. The first-order chi connectivity index (χ1) is 14.0. The minimum Gasteiger partial charge on any atom is -0.496 e. The summed E-state index contributed by atoms with van der Waals surface area (Å²) >= 11 is 0. The molecule has 8 heteroatoms. The van der Waals surface area contributed by atoms with E-state index in [1.54, 1.807) is 7.11 Å². The number of aryl methyl sites for hydroxylation is 2. The number of nitrogens with zero attached hydrogens (tertiary/aromatic N) is 4. The Balaban J connectivity index is 0.00000320. The van der Waals surface area contributed by atoms with Crippen LogP contribution in [0.15, 0.2) is 29.3 Å². The Bertz CT molecular complexity index is 844. The quantitative estimate of drug-likeness (QED) is 0.330. The van der Waals surface area contributed by atoms with Crippen molar-refractivity contribution < 1.29 is 4.74 Å². The molecule has 0 radical (unpaired) electrons. The Kier molecular flexibility index (Phi) is 9.41. The summed E-state index contributed by atoms with van der Waals surface area (Å²) in [5.41, 5.74) is 4.67. The van der Waals surface area contributed by atoms with E-state index < -0.39 is 0 Å². The maximum atomic E-state index is 5.64. The maximum absolute atomic E-state index is 5.64. The first-order valence-electron chi connectivity index (χ1n) is 10.4. The normalized spacial score (nSPS) is 15.6. The molecule has 30 heavy (non-hydrogen) atoms. The molecule has 3 rings (SSSR count). The first-order valence-corrected chi connectivity index (χ1v) is 10.4. The van der Waals surface area contributed by atoms with Crippen molar-refractivity contribution in [1.82, 2.24) is 25.3 Å². The molecule has 2 heterocycles. The zero-order chi connectivity index (χ0) is 20.8. The summed E-state index contributed by atoms with van der Waals surface area (Å²) in [5.74, 6) is 1.74. The highest BCUT2D eigenvalue weighted by atomic mass is 127. The molecule has 1 aromatic heterocycles. The van der Waals surface area contributed by atoms with Gasteiger partial charge in [0.1, 0.15) is 5.75 Å². The lowest BCUT2D eigenvalue weighted by atomic mass is 10.0. The van der Waals surface area contributed by atoms with Gasteiger partial charge in [0.2, 0.25) is 0 Å². The van der Waals surface area contributed by atoms with Crippen LogP contribution in [0.25, 0.3) is 0 Å². The zero-order valence-electron chi connectivity index (χ0n) is 18.7. The van der Waals surface area contributed by atoms with E-state index in [1.807, 2.05) is 37.8 Å². The van der Waals surface area contributed by atoms with Crippen molar-refractivity contribution >= 4 is 29.9 Å². The van der Waals surface area contributed by atoms with Crippen LogP contribution in [0.2, 0.25) is 0 Å². The van der Waals surface area contributed by atoms with Crippen LogP contribution in [0, 0.1) is 13.8 Å². The van der Waals surface area contributed by atoms with Gasteiger partial charge >= 0.3 is 0 Å². The molecular formula is C22H35IN6O. The fourth-order valence-electron chi connectivity index (χ4n) is 4.09. The Labute approximate surface area is 197 Å². The number of rotatable bonds is 7. The molecule has 0 saturated carbocycles. The molecule has 1 saturated heterocycles. The largest absolute Gasteiger partial charge is 0.496 e. The number of ether oxygens (including phenoxy) is 1. The SMILES string of the molecule is CN=C(NCc1c(C)nn(C)c1C)NCC(c1ccccc1OC)N1CCCC1.I. The number of para-hydroxylation sites is 1. The summed E-state index contributed by atoms with van der Waals surface area (Å²) in [7, 11) is 5.53. The highest BCUT2D eigenvalue weighted by Gasteiger charge is 2.26. The average Bonchev–Trinajstić information content (AvgIpc) is 3.34. The van der Waals surface area contributed by atoms with Crippen LogP contribution in [0.5, 0.6) is 5.75 Å². The topological polar surface area (TPSA) is 66.7 Å². The molecule has 1 aliphatic heterocycles. The number of hydrogen-bond acceptors (Lipinski definition) is 4. The summed E-state index contributed by atoms with van der Waals surface area (Å²) in [6, 6.07) is 8.56. The molecule has 1 aromatic carbocycles. The third-order valence-corrected chi connectivity index (χ3v) is 5.86. The van der Waals surface area contributed by atoms with Crippen LogP contribution in [-0.4, -0.2) is 54.4 Å². The Morgan fingerprint density at radius 3 is 2.50 bits per heavy atom. The first kappa shape index (κ1) is 24.5. The van der Waals surface area contributed by atoms with Gasteiger partial charge in [0, 0.05) is 44.0 Å². The summed E-state index contributed by atoms with van der Waals surface area (Å²) in [4.78, 5) is 6.96. The maximum Gasteiger partial charge on any atom is 0.191 e. The van der Waals surface area contributed by atoms with Gasteiger partial charge in [-0.05, 0) is 45.8 Å². The van der Waals surface area contributed by atoms with Gasteiger partial charge in [0.05, 0.1) is 18.8 Å². The average molecular weight is 526 g/mol. The van der Waals surface area contributed by atoms with Gasteiger partial charge in [0.25, 0.3) is 0 Å². The number of nitrogens with one attached hydrogen (secondary N) is 2. The van der Waals surface area contributed by atoms with E-state index in [-0.39, 0.29) is 30.0 Å². The number of aromatic nitrogens is 2. The van der Waals surface area contributed by atoms with Gasteiger partial charge in [-0.15, -0.1) is 24.0 Å². The minimum atomic E-state index is 0. The Morgan fingerprint density at radius 1 is 1.20 bits per heavy atom. The number of aliphatic imine (C=N–C) groups is 1. The van der Waals surface area contributed by atoms with E-state index in [9.17, 15) is 0 Å². The third-order valence-electron chi connectivity index (χ3n) is 5.86. The van der Waals surface area contributed by atoms with E-state index in [4.69, 9.17) is 4.74 Å².